The molecule has 0 bridgehead atoms. The van der Waals surface area contributed by atoms with Crippen molar-refractivity contribution in [3.8, 4) is 0 Å². The second kappa shape index (κ2) is 2.99. The Balaban J connectivity index is 2.48. The molecule has 12 heavy (non-hydrogen) atoms. The van der Waals surface area contributed by atoms with E-state index in [9.17, 15) is 5.11 Å². The summed E-state index contributed by atoms with van der Waals surface area (Å²) in [6.45, 7) is 0. The molecule has 2 rings (SSSR count). The topological polar surface area (TPSA) is 20.2 Å². The third-order valence-corrected chi connectivity index (χ3v) is 3.35. The van der Waals surface area contributed by atoms with Crippen LogP contribution >= 0.6 is 20.8 Å². The van der Waals surface area contributed by atoms with Gasteiger partial charge in [-0.1, -0.05) is 17.7 Å². The highest BCUT2D eigenvalue weighted by Gasteiger charge is 2.27. The van der Waals surface area contributed by atoms with Crippen LogP contribution in [0.5, 0.6) is 0 Å². The molecule has 1 nitrogen and oxygen atoms in total. The second-order valence-corrected chi connectivity index (χ2v) is 4.30. The van der Waals surface area contributed by atoms with Crippen LogP contribution in [0.25, 0.3) is 0 Å². The lowest BCUT2D eigenvalue weighted by Gasteiger charge is -2.07. The number of hydrogen-bond acceptors (Lipinski definition) is 1. The van der Waals surface area contributed by atoms with Crippen molar-refractivity contribution in [1.82, 2.24) is 0 Å². The predicted octanol–water partition coefficient (Wildman–Crippen LogP) is 2.17. The summed E-state index contributed by atoms with van der Waals surface area (Å²) < 4.78 is 0. The molecule has 3 atom stereocenters. The van der Waals surface area contributed by atoms with Gasteiger partial charge >= 0.3 is 0 Å². The van der Waals surface area contributed by atoms with Crippen LogP contribution in [-0.2, 0) is 6.42 Å². The van der Waals surface area contributed by atoms with Crippen LogP contribution in [0, 0.1) is 0 Å². The second-order valence-electron chi connectivity index (χ2n) is 3.14. The molecule has 0 amide bonds. The predicted molar refractivity (Wildman–Crippen MR) is 53.6 cm³/mol. The van der Waals surface area contributed by atoms with E-state index >= 15 is 0 Å². The first-order chi connectivity index (χ1) is 5.68. The standard InChI is InChI=1S/C9H10ClOP/c10-6-2-1-5-3-8(11)9(12)7(5)4-6/h1-2,4,8-9,11H,3,12H2/t8?,9-/m1/s1. The van der Waals surface area contributed by atoms with Gasteiger partial charge in [-0.25, -0.2) is 0 Å². The molecule has 1 aromatic rings. The fraction of sp³-hybridized carbons (Fsp3) is 0.333. The largest absolute Gasteiger partial charge is 0.392 e. The van der Waals surface area contributed by atoms with Gasteiger partial charge in [0.15, 0.2) is 0 Å². The number of rotatable bonds is 0. The van der Waals surface area contributed by atoms with E-state index in [0.717, 1.165) is 11.4 Å². The Bertz CT molecular complexity index is 313. The summed E-state index contributed by atoms with van der Waals surface area (Å²) in [6, 6.07) is 5.80. The van der Waals surface area contributed by atoms with E-state index in [0.29, 0.717) is 0 Å². The maximum Gasteiger partial charge on any atom is 0.0683 e. The van der Waals surface area contributed by atoms with Crippen molar-refractivity contribution in [2.75, 3.05) is 0 Å². The van der Waals surface area contributed by atoms with Gasteiger partial charge in [-0.3, -0.25) is 0 Å². The van der Waals surface area contributed by atoms with E-state index in [-0.39, 0.29) is 11.8 Å². The normalized spacial score (nSPS) is 27.2. The van der Waals surface area contributed by atoms with Crippen molar-refractivity contribution < 1.29 is 5.11 Å². The molecule has 1 aliphatic rings. The zero-order valence-corrected chi connectivity index (χ0v) is 8.41. The van der Waals surface area contributed by atoms with Crippen molar-refractivity contribution in [3.05, 3.63) is 34.3 Å². The minimum atomic E-state index is -0.261. The monoisotopic (exact) mass is 200 g/mol. The van der Waals surface area contributed by atoms with E-state index in [1.54, 1.807) is 0 Å². The average Bonchev–Trinajstić information content (AvgIpc) is 2.31. The number of benzene rings is 1. The van der Waals surface area contributed by atoms with Crippen molar-refractivity contribution in [3.63, 3.8) is 0 Å². The lowest BCUT2D eigenvalue weighted by atomic mass is 10.1. The van der Waals surface area contributed by atoms with Gasteiger partial charge in [-0.05, 0) is 29.7 Å². The van der Waals surface area contributed by atoms with E-state index in [1.807, 2.05) is 18.2 Å². The van der Waals surface area contributed by atoms with Crippen LogP contribution in [0.3, 0.4) is 0 Å². The molecule has 0 heterocycles. The lowest BCUT2D eigenvalue weighted by Crippen LogP contribution is -2.06. The number of aliphatic hydroxyl groups excluding tert-OH is 1. The Morgan fingerprint density at radius 1 is 1.50 bits per heavy atom. The molecule has 0 saturated heterocycles. The zero-order chi connectivity index (χ0) is 8.72. The van der Waals surface area contributed by atoms with Gasteiger partial charge in [0.2, 0.25) is 0 Å². The van der Waals surface area contributed by atoms with Crippen LogP contribution in [0.1, 0.15) is 16.8 Å². The fourth-order valence-electron chi connectivity index (χ4n) is 1.62. The van der Waals surface area contributed by atoms with Crippen LogP contribution in [0.4, 0.5) is 0 Å². The van der Waals surface area contributed by atoms with E-state index in [4.69, 9.17) is 11.6 Å². The molecule has 0 spiro atoms. The smallest absolute Gasteiger partial charge is 0.0683 e. The third-order valence-electron chi connectivity index (χ3n) is 2.31. The Morgan fingerprint density at radius 2 is 2.25 bits per heavy atom. The quantitative estimate of drug-likeness (QED) is 0.637. The van der Waals surface area contributed by atoms with Crippen LogP contribution in [0.15, 0.2) is 18.2 Å². The SMILES string of the molecule is OC1Cc2ccc(Cl)cc2[C@H]1P. The molecule has 0 radical (unpaired) electrons. The molecule has 0 fully saturated rings. The van der Waals surface area contributed by atoms with Gasteiger partial charge in [0.05, 0.1) is 6.10 Å². The van der Waals surface area contributed by atoms with Crippen LogP contribution in [0.2, 0.25) is 5.02 Å². The Hall–Kier alpha value is -0.100. The summed E-state index contributed by atoms with van der Waals surface area (Å²) in [7, 11) is 2.65. The van der Waals surface area contributed by atoms with Gasteiger partial charge in [0, 0.05) is 10.7 Å². The highest BCUT2D eigenvalue weighted by atomic mass is 35.5. The number of aliphatic hydroxyl groups is 1. The lowest BCUT2D eigenvalue weighted by molar-refractivity contribution is 0.183. The highest BCUT2D eigenvalue weighted by Crippen LogP contribution is 2.38. The number of halogens is 1. The Labute approximate surface area is 78.9 Å². The first-order valence-corrected chi connectivity index (χ1v) is 4.95. The molecule has 1 aromatic carbocycles. The Kier molecular flexibility index (Phi) is 2.12. The van der Waals surface area contributed by atoms with Crippen molar-refractivity contribution in [2.45, 2.75) is 18.2 Å². The average molecular weight is 201 g/mol. The van der Waals surface area contributed by atoms with Gasteiger partial charge < -0.3 is 5.11 Å². The van der Waals surface area contributed by atoms with Crippen LogP contribution < -0.4 is 0 Å². The highest BCUT2D eigenvalue weighted by molar-refractivity contribution is 7.17. The molecule has 0 aliphatic heterocycles. The van der Waals surface area contributed by atoms with Crippen molar-refractivity contribution >= 4 is 20.8 Å². The molecule has 1 N–H and O–H groups in total. The molecular weight excluding hydrogens is 191 g/mol. The summed E-state index contributed by atoms with van der Waals surface area (Å²) in [5.41, 5.74) is 2.53. The minimum Gasteiger partial charge on any atom is -0.392 e. The summed E-state index contributed by atoms with van der Waals surface area (Å²) in [5, 5.41) is 10.3. The van der Waals surface area contributed by atoms with Gasteiger partial charge in [-0.2, -0.15) is 0 Å². The summed E-state index contributed by atoms with van der Waals surface area (Å²) in [5.74, 6) is 0. The summed E-state index contributed by atoms with van der Waals surface area (Å²) in [6.07, 6.45) is 0.490. The zero-order valence-electron chi connectivity index (χ0n) is 6.50. The van der Waals surface area contributed by atoms with Crippen molar-refractivity contribution in [2.24, 2.45) is 0 Å². The van der Waals surface area contributed by atoms with E-state index < -0.39 is 0 Å². The Morgan fingerprint density at radius 3 is 3.00 bits per heavy atom. The van der Waals surface area contributed by atoms with Crippen LogP contribution in [-0.4, -0.2) is 11.2 Å². The molecule has 3 heteroatoms. The molecular formula is C9H10ClOP. The van der Waals surface area contributed by atoms with E-state index in [2.05, 4.69) is 9.24 Å². The molecule has 64 valence electrons. The number of hydrogen-bond donors (Lipinski definition) is 1. The van der Waals surface area contributed by atoms with Gasteiger partial charge in [0.1, 0.15) is 0 Å². The fourth-order valence-corrected chi connectivity index (χ4v) is 2.25. The molecule has 2 unspecified atom stereocenters. The maximum atomic E-state index is 9.55. The van der Waals surface area contributed by atoms with E-state index in [1.165, 1.54) is 11.1 Å². The first-order valence-electron chi connectivity index (χ1n) is 3.90. The van der Waals surface area contributed by atoms with Gasteiger partial charge in [-0.15, -0.1) is 9.24 Å². The minimum absolute atomic E-state index is 0.152. The number of fused-ring (bicyclic) bond motifs is 1. The first kappa shape index (κ1) is 8.50. The molecule has 1 aliphatic carbocycles. The summed E-state index contributed by atoms with van der Waals surface area (Å²) in [4.78, 5) is 0. The maximum absolute atomic E-state index is 9.55. The molecule has 0 aromatic heterocycles. The molecule has 0 saturated carbocycles. The van der Waals surface area contributed by atoms with Gasteiger partial charge in [0.25, 0.3) is 0 Å². The van der Waals surface area contributed by atoms with Crippen molar-refractivity contribution in [1.29, 1.82) is 0 Å². The summed E-state index contributed by atoms with van der Waals surface area (Å²) >= 11 is 5.85. The third kappa shape index (κ3) is 1.26.